The zero-order valence-corrected chi connectivity index (χ0v) is 7.28. The van der Waals surface area contributed by atoms with Gasteiger partial charge in [0.2, 0.25) is 6.29 Å². The van der Waals surface area contributed by atoms with Crippen LogP contribution in [0.2, 0.25) is 0 Å². The van der Waals surface area contributed by atoms with Gasteiger partial charge in [-0.1, -0.05) is 0 Å². The molecule has 0 saturated carbocycles. The second kappa shape index (κ2) is 4.27. The molecule has 14 heavy (non-hydrogen) atoms. The van der Waals surface area contributed by atoms with Crippen molar-refractivity contribution in [3.63, 3.8) is 0 Å². The van der Waals surface area contributed by atoms with Gasteiger partial charge in [-0.15, -0.1) is 0 Å². The fourth-order valence-corrected chi connectivity index (χ4v) is 0.817. The minimum Gasteiger partial charge on any atom is -0.437 e. The maximum atomic E-state index is 10.6. The van der Waals surface area contributed by atoms with E-state index >= 15 is 0 Å². The van der Waals surface area contributed by atoms with E-state index < -0.39 is 30.6 Å². The topological polar surface area (TPSA) is 105 Å². The third-order valence-electron chi connectivity index (χ3n) is 1.54. The number of carbonyl (C=O) groups excluding carboxylic acids is 1. The summed E-state index contributed by atoms with van der Waals surface area (Å²) < 4.78 is 13.0. The molecule has 0 aromatic carbocycles. The molecule has 7 nitrogen and oxygen atoms in total. The van der Waals surface area contributed by atoms with Gasteiger partial charge in [0.15, 0.2) is 0 Å². The standard InChI is InChI=1S/C7H10O7/c1-12-7(11)14-4-2-3(8)5(9)6(10)13-4/h2-3,5-6,8-10H,1H3. The molecule has 0 radical (unpaired) electrons. The fourth-order valence-electron chi connectivity index (χ4n) is 0.817. The average Bonchev–Trinajstić information content (AvgIpc) is 2.14. The van der Waals surface area contributed by atoms with Gasteiger partial charge in [0.05, 0.1) is 7.11 Å². The van der Waals surface area contributed by atoms with Crippen molar-refractivity contribution in [3.8, 4) is 0 Å². The molecular formula is C7H10O7. The monoisotopic (exact) mass is 206 g/mol. The Labute approximate surface area is 79.1 Å². The summed E-state index contributed by atoms with van der Waals surface area (Å²) in [5.74, 6) is -0.415. The van der Waals surface area contributed by atoms with Gasteiger partial charge in [-0.25, -0.2) is 4.79 Å². The lowest BCUT2D eigenvalue weighted by atomic mass is 10.1. The summed E-state index contributed by atoms with van der Waals surface area (Å²) in [5, 5.41) is 27.1. The van der Waals surface area contributed by atoms with E-state index in [0.717, 1.165) is 13.2 Å². The lowest BCUT2D eigenvalue weighted by molar-refractivity contribution is -0.196. The Hall–Kier alpha value is -1.31. The summed E-state index contributed by atoms with van der Waals surface area (Å²) in [7, 11) is 1.09. The normalized spacial score (nSPS) is 31.4. The Morgan fingerprint density at radius 2 is 2.14 bits per heavy atom. The van der Waals surface area contributed by atoms with Crippen LogP contribution in [0.3, 0.4) is 0 Å². The molecule has 1 rings (SSSR count). The minimum atomic E-state index is -1.64. The van der Waals surface area contributed by atoms with Gasteiger partial charge in [0.25, 0.3) is 5.95 Å². The number of ether oxygens (including phenoxy) is 3. The summed E-state index contributed by atoms with van der Waals surface area (Å²) in [6, 6.07) is 0. The van der Waals surface area contributed by atoms with Crippen molar-refractivity contribution in [1.29, 1.82) is 0 Å². The zero-order chi connectivity index (χ0) is 10.7. The van der Waals surface area contributed by atoms with Crippen LogP contribution in [0.4, 0.5) is 4.79 Å². The molecule has 0 spiro atoms. The van der Waals surface area contributed by atoms with Crippen molar-refractivity contribution in [3.05, 3.63) is 12.0 Å². The number of aliphatic hydroxyl groups excluding tert-OH is 3. The van der Waals surface area contributed by atoms with E-state index in [2.05, 4.69) is 14.2 Å². The van der Waals surface area contributed by atoms with Crippen LogP contribution in [0.15, 0.2) is 12.0 Å². The highest BCUT2D eigenvalue weighted by Crippen LogP contribution is 2.17. The van der Waals surface area contributed by atoms with Crippen LogP contribution in [0.5, 0.6) is 0 Å². The summed E-state index contributed by atoms with van der Waals surface area (Å²) in [6.45, 7) is 0. The van der Waals surface area contributed by atoms with Gasteiger partial charge in [-0.3, -0.25) is 0 Å². The molecule has 0 aromatic rings. The van der Waals surface area contributed by atoms with E-state index in [1.807, 2.05) is 0 Å². The molecule has 1 aliphatic rings. The first-order valence-electron chi connectivity index (χ1n) is 3.73. The first-order valence-corrected chi connectivity index (χ1v) is 3.73. The fraction of sp³-hybridized carbons (Fsp3) is 0.571. The van der Waals surface area contributed by atoms with E-state index in [4.69, 9.17) is 15.3 Å². The van der Waals surface area contributed by atoms with Gasteiger partial charge in [0.1, 0.15) is 12.2 Å². The largest absolute Gasteiger partial charge is 0.515 e. The SMILES string of the molecule is COC(=O)OC1=CC(O)C(O)C(O)O1. The van der Waals surface area contributed by atoms with Crippen LogP contribution >= 0.6 is 0 Å². The molecule has 0 saturated heterocycles. The second-order valence-electron chi connectivity index (χ2n) is 2.53. The van der Waals surface area contributed by atoms with Crippen molar-refractivity contribution >= 4 is 6.16 Å². The quantitative estimate of drug-likeness (QED) is 0.457. The van der Waals surface area contributed by atoms with Gasteiger partial charge in [0, 0.05) is 6.08 Å². The summed E-state index contributed by atoms with van der Waals surface area (Å²) in [5.41, 5.74) is 0. The molecule has 7 heteroatoms. The summed E-state index contributed by atoms with van der Waals surface area (Å²) in [6.07, 6.45) is -4.59. The molecule has 0 fully saturated rings. The molecular weight excluding hydrogens is 196 g/mol. The minimum absolute atomic E-state index is 0.415. The Bertz CT molecular complexity index is 248. The first-order chi connectivity index (χ1) is 6.54. The van der Waals surface area contributed by atoms with Crippen molar-refractivity contribution in [2.45, 2.75) is 18.5 Å². The van der Waals surface area contributed by atoms with Gasteiger partial charge >= 0.3 is 6.16 Å². The summed E-state index contributed by atoms with van der Waals surface area (Å²) >= 11 is 0. The number of aliphatic hydroxyl groups is 3. The van der Waals surface area contributed by atoms with E-state index in [9.17, 15) is 4.79 Å². The molecule has 3 N–H and O–H groups in total. The van der Waals surface area contributed by atoms with E-state index in [0.29, 0.717) is 0 Å². The Kier molecular flexibility index (Phi) is 3.28. The van der Waals surface area contributed by atoms with Crippen molar-refractivity contribution in [1.82, 2.24) is 0 Å². The molecule has 80 valence electrons. The predicted octanol–water partition coefficient (Wildman–Crippen LogP) is -1.32. The predicted molar refractivity (Wildman–Crippen MR) is 40.7 cm³/mol. The third-order valence-corrected chi connectivity index (χ3v) is 1.54. The first kappa shape index (κ1) is 10.8. The van der Waals surface area contributed by atoms with Crippen LogP contribution in [-0.2, 0) is 14.2 Å². The Morgan fingerprint density at radius 1 is 1.50 bits per heavy atom. The van der Waals surface area contributed by atoms with E-state index in [1.165, 1.54) is 0 Å². The molecule has 1 aliphatic heterocycles. The molecule has 0 amide bonds. The maximum Gasteiger partial charge on any atom is 0.515 e. The molecule has 0 aromatic heterocycles. The van der Waals surface area contributed by atoms with Crippen LogP contribution in [0.1, 0.15) is 0 Å². The Balaban J connectivity index is 2.63. The van der Waals surface area contributed by atoms with Gasteiger partial charge in [-0.05, 0) is 0 Å². The molecule has 1 heterocycles. The lowest BCUT2D eigenvalue weighted by Gasteiger charge is -2.26. The lowest BCUT2D eigenvalue weighted by Crippen LogP contribution is -2.42. The highest BCUT2D eigenvalue weighted by molar-refractivity contribution is 5.60. The number of methoxy groups -OCH3 is 1. The van der Waals surface area contributed by atoms with Crippen LogP contribution in [-0.4, -0.2) is 47.1 Å². The molecule has 3 atom stereocenters. The smallest absolute Gasteiger partial charge is 0.437 e. The highest BCUT2D eigenvalue weighted by Gasteiger charge is 2.32. The number of hydrogen-bond acceptors (Lipinski definition) is 7. The van der Waals surface area contributed by atoms with E-state index in [1.54, 1.807) is 0 Å². The van der Waals surface area contributed by atoms with Crippen molar-refractivity contribution < 1.29 is 34.3 Å². The number of carbonyl (C=O) groups is 1. The van der Waals surface area contributed by atoms with Crippen molar-refractivity contribution in [2.75, 3.05) is 7.11 Å². The molecule has 0 aliphatic carbocycles. The van der Waals surface area contributed by atoms with Crippen LogP contribution < -0.4 is 0 Å². The third kappa shape index (κ3) is 2.34. The van der Waals surface area contributed by atoms with Crippen molar-refractivity contribution in [2.24, 2.45) is 0 Å². The number of hydrogen-bond donors (Lipinski definition) is 3. The van der Waals surface area contributed by atoms with Crippen LogP contribution in [0, 0.1) is 0 Å². The second-order valence-corrected chi connectivity index (χ2v) is 2.53. The maximum absolute atomic E-state index is 10.6. The van der Waals surface area contributed by atoms with Gasteiger partial charge < -0.3 is 29.5 Å². The summed E-state index contributed by atoms with van der Waals surface area (Å²) in [4.78, 5) is 10.6. The molecule has 0 bridgehead atoms. The zero-order valence-electron chi connectivity index (χ0n) is 7.28. The van der Waals surface area contributed by atoms with E-state index in [-0.39, 0.29) is 0 Å². The van der Waals surface area contributed by atoms with Gasteiger partial charge in [-0.2, -0.15) is 0 Å². The van der Waals surface area contributed by atoms with Crippen LogP contribution in [0.25, 0.3) is 0 Å². The molecule has 3 unspecified atom stereocenters. The average molecular weight is 206 g/mol. The number of rotatable bonds is 1. The Morgan fingerprint density at radius 3 is 2.64 bits per heavy atom. The highest BCUT2D eigenvalue weighted by atomic mass is 16.8.